The van der Waals surface area contributed by atoms with E-state index in [1.165, 1.54) is 34.3 Å². The van der Waals surface area contributed by atoms with E-state index in [-0.39, 0.29) is 0 Å². The monoisotopic (exact) mass is 169 g/mol. The standard InChI is InChI=1S/C6H4P3/c1-2-4-6-5(3-1)7-9-8-6/h1-4H. The molecule has 1 aliphatic heterocycles. The zero-order valence-electron chi connectivity index (χ0n) is 4.65. The number of benzene rings is 1. The van der Waals surface area contributed by atoms with Gasteiger partial charge in [0.05, 0.1) is 0 Å². The van der Waals surface area contributed by atoms with Gasteiger partial charge in [-0.15, -0.1) is 0 Å². The minimum Gasteiger partial charge on any atom is -0.0615 e. The van der Waals surface area contributed by atoms with Gasteiger partial charge in [-0.1, -0.05) is 18.2 Å². The molecule has 0 spiro atoms. The van der Waals surface area contributed by atoms with Gasteiger partial charge in [0.25, 0.3) is 0 Å². The van der Waals surface area contributed by atoms with E-state index < -0.39 is 0 Å². The fraction of sp³-hybridized carbons (Fsp3) is 0. The Morgan fingerprint density at radius 1 is 1.00 bits per heavy atom. The minimum absolute atomic E-state index is 1.48. The van der Waals surface area contributed by atoms with Gasteiger partial charge in [0.2, 0.25) is 0 Å². The maximum absolute atomic E-state index is 2.21. The van der Waals surface area contributed by atoms with Crippen LogP contribution in [0.4, 0.5) is 0 Å². The Kier molecular flexibility index (Phi) is 1.64. The lowest BCUT2D eigenvalue weighted by molar-refractivity contribution is 1.84. The fourth-order valence-corrected chi connectivity index (χ4v) is 6.32. The Hall–Kier alpha value is 0.250. The summed E-state index contributed by atoms with van der Waals surface area (Å²) in [5.41, 5.74) is 0. The molecular weight excluding hydrogens is 165 g/mol. The third kappa shape index (κ3) is 1.08. The van der Waals surface area contributed by atoms with Gasteiger partial charge < -0.3 is 0 Å². The van der Waals surface area contributed by atoms with Crippen LogP contribution in [-0.2, 0) is 0 Å². The third-order valence-corrected chi connectivity index (χ3v) is 6.19. The van der Waals surface area contributed by atoms with Crippen LogP contribution in [0.3, 0.4) is 0 Å². The molecule has 0 N–H and O–H groups in total. The van der Waals surface area contributed by atoms with Gasteiger partial charge in [-0.3, -0.25) is 0 Å². The van der Waals surface area contributed by atoms with Crippen molar-refractivity contribution in [3.8, 4) is 0 Å². The molecule has 1 radical (unpaired) electrons. The van der Waals surface area contributed by atoms with Gasteiger partial charge in [0, 0.05) is 18.9 Å². The minimum atomic E-state index is 1.48. The molecule has 2 rings (SSSR count). The Morgan fingerprint density at radius 3 is 2.56 bits per heavy atom. The van der Waals surface area contributed by atoms with Crippen molar-refractivity contribution in [2.75, 3.05) is 0 Å². The second kappa shape index (κ2) is 2.47. The molecule has 0 atom stereocenters. The van der Waals surface area contributed by atoms with E-state index >= 15 is 0 Å². The van der Waals surface area contributed by atoms with E-state index in [0.29, 0.717) is 0 Å². The average Bonchev–Trinajstić information content (AvgIpc) is 2.33. The summed E-state index contributed by atoms with van der Waals surface area (Å²) in [5.74, 6) is 0. The molecule has 0 saturated heterocycles. The normalized spacial score (nSPS) is 20.0. The Morgan fingerprint density at radius 2 is 1.78 bits per heavy atom. The highest BCUT2D eigenvalue weighted by Crippen LogP contribution is 2.40. The molecule has 3 heteroatoms. The Labute approximate surface area is 59.2 Å². The van der Waals surface area contributed by atoms with Crippen LogP contribution < -0.4 is 10.6 Å². The molecule has 0 fully saturated rings. The van der Waals surface area contributed by atoms with Crippen LogP contribution in [0.5, 0.6) is 0 Å². The first-order chi connectivity index (χ1) is 4.47. The van der Waals surface area contributed by atoms with Gasteiger partial charge in [-0.2, -0.15) is 0 Å². The third-order valence-electron chi connectivity index (χ3n) is 1.19. The second-order valence-corrected chi connectivity index (χ2v) is 6.67. The summed E-state index contributed by atoms with van der Waals surface area (Å²) in [6, 6.07) is 8.65. The molecule has 9 heavy (non-hydrogen) atoms. The Bertz CT molecular complexity index is 254. The van der Waals surface area contributed by atoms with Crippen molar-refractivity contribution in [2.24, 2.45) is 0 Å². The lowest BCUT2D eigenvalue weighted by atomic mass is 10.4. The lowest BCUT2D eigenvalue weighted by Crippen LogP contribution is -2.08. The van der Waals surface area contributed by atoms with Gasteiger partial charge in [-0.25, -0.2) is 0 Å². The SMILES string of the molecule is c1ccc2c(c1)[P]P=P2. The van der Waals surface area contributed by atoms with Crippen LogP contribution in [0, 0.1) is 0 Å². The summed E-state index contributed by atoms with van der Waals surface area (Å²) in [4.78, 5) is 0. The predicted molar refractivity (Wildman–Crippen MR) is 46.5 cm³/mol. The van der Waals surface area contributed by atoms with E-state index in [0.717, 1.165) is 0 Å². The zero-order chi connectivity index (χ0) is 6.10. The smallest absolute Gasteiger partial charge is 0.0226 e. The largest absolute Gasteiger partial charge is 0.0615 e. The number of rotatable bonds is 0. The highest BCUT2D eigenvalue weighted by atomic mass is 32.2. The molecule has 1 aromatic carbocycles. The van der Waals surface area contributed by atoms with Crippen LogP contribution in [-0.4, -0.2) is 0 Å². The summed E-state index contributed by atoms with van der Waals surface area (Å²) >= 11 is 0. The first kappa shape index (κ1) is 5.99. The van der Waals surface area contributed by atoms with Gasteiger partial charge in [0.1, 0.15) is 0 Å². The summed E-state index contributed by atoms with van der Waals surface area (Å²) in [6.07, 6.45) is 0. The summed E-state index contributed by atoms with van der Waals surface area (Å²) in [5, 5.41) is 3.03. The molecule has 43 valence electrons. The molecule has 0 nitrogen and oxygen atoms in total. The molecule has 0 aliphatic carbocycles. The van der Waals surface area contributed by atoms with Crippen molar-refractivity contribution in [3.05, 3.63) is 24.3 Å². The van der Waals surface area contributed by atoms with Crippen molar-refractivity contribution < 1.29 is 0 Å². The van der Waals surface area contributed by atoms with Crippen LogP contribution in [0.2, 0.25) is 0 Å². The van der Waals surface area contributed by atoms with E-state index in [2.05, 4.69) is 24.3 Å². The first-order valence-corrected chi connectivity index (χ1v) is 6.77. The van der Waals surface area contributed by atoms with Crippen molar-refractivity contribution in [1.29, 1.82) is 0 Å². The predicted octanol–water partition coefficient (Wildman–Crippen LogP) is 2.62. The highest BCUT2D eigenvalue weighted by Gasteiger charge is 2.03. The number of hydrogen-bond acceptors (Lipinski definition) is 0. The molecular formula is C6H4P3. The van der Waals surface area contributed by atoms with Crippen LogP contribution >= 0.6 is 23.7 Å². The fourth-order valence-electron chi connectivity index (χ4n) is 0.752. The average molecular weight is 169 g/mol. The van der Waals surface area contributed by atoms with Crippen molar-refractivity contribution in [1.82, 2.24) is 0 Å². The van der Waals surface area contributed by atoms with Gasteiger partial charge >= 0.3 is 0 Å². The van der Waals surface area contributed by atoms with Crippen molar-refractivity contribution in [3.63, 3.8) is 0 Å². The van der Waals surface area contributed by atoms with E-state index in [1.807, 2.05) is 0 Å². The van der Waals surface area contributed by atoms with Crippen molar-refractivity contribution >= 4 is 34.3 Å². The summed E-state index contributed by atoms with van der Waals surface area (Å²) < 4.78 is 0. The Balaban J connectivity index is 2.63. The maximum atomic E-state index is 2.21. The van der Waals surface area contributed by atoms with Crippen LogP contribution in [0.15, 0.2) is 24.3 Å². The molecule has 0 unspecified atom stereocenters. The lowest BCUT2D eigenvalue weighted by Gasteiger charge is -1.90. The molecule has 0 saturated carbocycles. The van der Waals surface area contributed by atoms with E-state index in [1.54, 1.807) is 0 Å². The van der Waals surface area contributed by atoms with Crippen LogP contribution in [0.25, 0.3) is 0 Å². The van der Waals surface area contributed by atoms with Crippen LogP contribution in [0.1, 0.15) is 0 Å². The number of hydrogen-bond donors (Lipinski definition) is 0. The van der Waals surface area contributed by atoms with E-state index in [4.69, 9.17) is 0 Å². The second-order valence-electron chi connectivity index (χ2n) is 1.78. The molecule has 1 aliphatic rings. The quantitative estimate of drug-likeness (QED) is 0.523. The molecule has 1 aromatic rings. The zero-order valence-corrected chi connectivity index (χ0v) is 7.33. The molecule has 0 aromatic heterocycles. The summed E-state index contributed by atoms with van der Waals surface area (Å²) in [7, 11) is 4.49. The highest BCUT2D eigenvalue weighted by molar-refractivity contribution is 8.31. The molecule has 1 heterocycles. The first-order valence-electron chi connectivity index (χ1n) is 2.67. The van der Waals surface area contributed by atoms with Crippen molar-refractivity contribution in [2.45, 2.75) is 0 Å². The topological polar surface area (TPSA) is 0 Å². The number of fused-ring (bicyclic) bond motifs is 1. The molecule has 0 bridgehead atoms. The molecule has 0 amide bonds. The van der Waals surface area contributed by atoms with Gasteiger partial charge in [0.15, 0.2) is 0 Å². The van der Waals surface area contributed by atoms with E-state index in [9.17, 15) is 0 Å². The summed E-state index contributed by atoms with van der Waals surface area (Å²) in [6.45, 7) is 0. The van der Waals surface area contributed by atoms with Gasteiger partial charge in [-0.05, 0) is 21.5 Å². The maximum Gasteiger partial charge on any atom is 0.0226 e.